The summed E-state index contributed by atoms with van der Waals surface area (Å²) in [6.45, 7) is 9.73. The number of imidazole rings is 1. The Morgan fingerprint density at radius 1 is 1.03 bits per heavy atom. The maximum atomic E-state index is 12.8. The predicted molar refractivity (Wildman–Crippen MR) is 117 cm³/mol. The fraction of sp³-hybridized carbons (Fsp3) is 0.364. The number of hydrogen-bond donors (Lipinski definition) is 3. The Morgan fingerprint density at radius 2 is 1.76 bits per heavy atom. The summed E-state index contributed by atoms with van der Waals surface area (Å²) in [4.78, 5) is 34.2. The van der Waals surface area contributed by atoms with E-state index < -0.39 is 0 Å². The number of aryl methyl sites for hydroxylation is 1. The number of carbonyl (C=O) groups excluding carboxylic acids is 1. The molecule has 0 bridgehead atoms. The Morgan fingerprint density at radius 3 is 2.52 bits per heavy atom. The number of anilines is 2. The molecule has 0 radical (unpaired) electrons. The van der Waals surface area contributed by atoms with Crippen LogP contribution >= 0.6 is 0 Å². The molecule has 1 atom stereocenters. The van der Waals surface area contributed by atoms with Crippen molar-refractivity contribution >= 4 is 28.3 Å². The first kappa shape index (κ1) is 19.3. The van der Waals surface area contributed by atoms with Gasteiger partial charge in [-0.25, -0.2) is 4.79 Å². The number of rotatable bonds is 4. The number of carbonyl (C=O) groups is 1. The molecule has 1 amide bonds. The molecular weight excluding hydrogens is 366 g/mol. The summed E-state index contributed by atoms with van der Waals surface area (Å²) in [6, 6.07) is 11.6. The molecule has 4 rings (SSSR count). The Balaban J connectivity index is 1.38. The van der Waals surface area contributed by atoms with Crippen LogP contribution in [0.4, 0.5) is 11.4 Å². The summed E-state index contributed by atoms with van der Waals surface area (Å²) in [7, 11) is 0. The van der Waals surface area contributed by atoms with Gasteiger partial charge in [0.15, 0.2) is 0 Å². The SMILES string of the molecule is Cc1cccc(N2CCN([C@@H](C)C(=O)Nc3ccc4[nH]c(=O)[nH]c4c3)CC2)c1C. The van der Waals surface area contributed by atoms with E-state index >= 15 is 0 Å². The van der Waals surface area contributed by atoms with Crippen LogP contribution in [-0.4, -0.2) is 53.0 Å². The molecule has 3 N–H and O–H groups in total. The van der Waals surface area contributed by atoms with Crippen molar-refractivity contribution in [1.82, 2.24) is 14.9 Å². The fourth-order valence-electron chi connectivity index (χ4n) is 3.95. The minimum absolute atomic E-state index is 0.0394. The monoisotopic (exact) mass is 393 g/mol. The van der Waals surface area contributed by atoms with Gasteiger partial charge in [-0.3, -0.25) is 9.69 Å². The van der Waals surface area contributed by atoms with Gasteiger partial charge in [-0.15, -0.1) is 0 Å². The van der Waals surface area contributed by atoms with Gasteiger partial charge in [0.25, 0.3) is 0 Å². The van der Waals surface area contributed by atoms with E-state index in [4.69, 9.17) is 0 Å². The number of aromatic nitrogens is 2. The number of H-pyrrole nitrogens is 2. The van der Waals surface area contributed by atoms with Crippen LogP contribution in [0.1, 0.15) is 18.1 Å². The first-order chi connectivity index (χ1) is 13.9. The molecule has 0 unspecified atom stereocenters. The van der Waals surface area contributed by atoms with Crippen molar-refractivity contribution in [3.8, 4) is 0 Å². The van der Waals surface area contributed by atoms with Crippen molar-refractivity contribution in [3.05, 3.63) is 58.0 Å². The second-order valence-corrected chi connectivity index (χ2v) is 7.75. The predicted octanol–water partition coefficient (Wildman–Crippen LogP) is 2.62. The van der Waals surface area contributed by atoms with Gasteiger partial charge in [0.05, 0.1) is 17.1 Å². The highest BCUT2D eigenvalue weighted by Crippen LogP contribution is 2.24. The fourth-order valence-corrected chi connectivity index (χ4v) is 3.95. The number of amides is 1. The normalized spacial score (nSPS) is 16.2. The zero-order valence-corrected chi connectivity index (χ0v) is 17.1. The van der Waals surface area contributed by atoms with Crippen LogP contribution in [0.2, 0.25) is 0 Å². The van der Waals surface area contributed by atoms with E-state index in [2.05, 4.69) is 57.1 Å². The molecular formula is C22H27N5O2. The van der Waals surface area contributed by atoms with Crippen LogP contribution in [0.15, 0.2) is 41.2 Å². The average Bonchev–Trinajstić information content (AvgIpc) is 3.09. The number of nitrogens with zero attached hydrogens (tertiary/aromatic N) is 2. The van der Waals surface area contributed by atoms with Crippen molar-refractivity contribution < 1.29 is 4.79 Å². The zero-order valence-electron chi connectivity index (χ0n) is 17.1. The Kier molecular flexibility index (Phi) is 5.15. The Labute approximate surface area is 169 Å². The summed E-state index contributed by atoms with van der Waals surface area (Å²) >= 11 is 0. The lowest BCUT2D eigenvalue weighted by molar-refractivity contribution is -0.120. The molecule has 2 aromatic carbocycles. The maximum absolute atomic E-state index is 12.8. The van der Waals surface area contributed by atoms with Crippen molar-refractivity contribution in [1.29, 1.82) is 0 Å². The van der Waals surface area contributed by atoms with Crippen LogP contribution < -0.4 is 15.9 Å². The molecule has 152 valence electrons. The van der Waals surface area contributed by atoms with Crippen molar-refractivity contribution in [2.45, 2.75) is 26.8 Å². The van der Waals surface area contributed by atoms with Gasteiger partial charge >= 0.3 is 5.69 Å². The highest BCUT2D eigenvalue weighted by molar-refractivity contribution is 5.96. The first-order valence-electron chi connectivity index (χ1n) is 10.0. The lowest BCUT2D eigenvalue weighted by Crippen LogP contribution is -2.53. The summed E-state index contributed by atoms with van der Waals surface area (Å²) in [5, 5.41) is 2.97. The van der Waals surface area contributed by atoms with Crippen molar-refractivity contribution in [2.24, 2.45) is 0 Å². The molecule has 1 aliphatic rings. The van der Waals surface area contributed by atoms with Gasteiger partial charge in [-0.05, 0) is 56.2 Å². The summed E-state index contributed by atoms with van der Waals surface area (Å²) in [5.74, 6) is -0.0394. The minimum atomic E-state index is -0.251. The van der Waals surface area contributed by atoms with E-state index in [9.17, 15) is 9.59 Å². The number of hydrogen-bond acceptors (Lipinski definition) is 4. The molecule has 1 fully saturated rings. The smallest absolute Gasteiger partial charge is 0.323 e. The quantitative estimate of drug-likeness (QED) is 0.636. The van der Waals surface area contributed by atoms with Gasteiger partial charge < -0.3 is 20.2 Å². The molecule has 0 saturated carbocycles. The number of fused-ring (bicyclic) bond motifs is 1. The average molecular weight is 393 g/mol. The highest BCUT2D eigenvalue weighted by Gasteiger charge is 2.26. The lowest BCUT2D eigenvalue weighted by Gasteiger charge is -2.39. The van der Waals surface area contributed by atoms with Gasteiger partial charge in [-0.1, -0.05) is 12.1 Å². The standard InChI is InChI=1S/C22H27N5O2/c1-14-5-4-6-20(15(14)2)27-11-9-26(10-12-27)16(3)21(28)23-17-7-8-18-19(13-17)25-22(29)24-18/h4-8,13,16H,9-12H2,1-3H3,(H,23,28)(H2,24,25,29)/t16-/m0/s1. The second kappa shape index (κ2) is 7.75. The summed E-state index contributed by atoms with van der Waals surface area (Å²) < 4.78 is 0. The van der Waals surface area contributed by atoms with Gasteiger partial charge in [0.1, 0.15) is 0 Å². The number of nitrogens with one attached hydrogen (secondary N) is 3. The number of piperazine rings is 1. The van der Waals surface area contributed by atoms with Gasteiger partial charge in [0, 0.05) is 37.6 Å². The maximum Gasteiger partial charge on any atom is 0.323 e. The molecule has 0 spiro atoms. The van der Waals surface area contributed by atoms with E-state index in [0.717, 1.165) is 31.7 Å². The molecule has 1 aliphatic heterocycles. The third-order valence-corrected chi connectivity index (χ3v) is 5.94. The van der Waals surface area contributed by atoms with Crippen LogP contribution in [0.5, 0.6) is 0 Å². The topological polar surface area (TPSA) is 84.2 Å². The Bertz CT molecular complexity index is 1090. The molecule has 7 heteroatoms. The lowest BCUT2D eigenvalue weighted by atomic mass is 10.1. The molecule has 7 nitrogen and oxygen atoms in total. The molecule has 3 aromatic rings. The molecule has 1 aromatic heterocycles. The summed E-state index contributed by atoms with van der Waals surface area (Å²) in [5.41, 5.74) is 5.75. The molecule has 1 saturated heterocycles. The first-order valence-corrected chi connectivity index (χ1v) is 10.0. The summed E-state index contributed by atoms with van der Waals surface area (Å²) in [6.07, 6.45) is 0. The van der Waals surface area contributed by atoms with Crippen LogP contribution in [0, 0.1) is 13.8 Å². The van der Waals surface area contributed by atoms with Gasteiger partial charge in [0.2, 0.25) is 5.91 Å². The molecule has 2 heterocycles. The van der Waals surface area contributed by atoms with Crippen LogP contribution in [-0.2, 0) is 4.79 Å². The van der Waals surface area contributed by atoms with E-state index in [-0.39, 0.29) is 17.6 Å². The molecule has 0 aliphatic carbocycles. The largest absolute Gasteiger partial charge is 0.369 e. The number of benzene rings is 2. The van der Waals surface area contributed by atoms with Crippen molar-refractivity contribution in [3.63, 3.8) is 0 Å². The molecule has 29 heavy (non-hydrogen) atoms. The van der Waals surface area contributed by atoms with Crippen LogP contribution in [0.25, 0.3) is 11.0 Å². The number of aromatic amines is 2. The van der Waals surface area contributed by atoms with Crippen LogP contribution in [0.3, 0.4) is 0 Å². The zero-order chi connectivity index (χ0) is 20.5. The van der Waals surface area contributed by atoms with Crippen molar-refractivity contribution in [2.75, 3.05) is 36.4 Å². The third-order valence-electron chi connectivity index (χ3n) is 5.94. The Hall–Kier alpha value is -3.06. The van der Waals surface area contributed by atoms with E-state index in [1.807, 2.05) is 6.92 Å². The van der Waals surface area contributed by atoms with E-state index in [0.29, 0.717) is 11.2 Å². The minimum Gasteiger partial charge on any atom is -0.369 e. The van der Waals surface area contributed by atoms with E-state index in [1.54, 1.807) is 18.2 Å². The second-order valence-electron chi connectivity index (χ2n) is 7.75. The van der Waals surface area contributed by atoms with Gasteiger partial charge in [-0.2, -0.15) is 0 Å². The highest BCUT2D eigenvalue weighted by atomic mass is 16.2. The van der Waals surface area contributed by atoms with E-state index in [1.165, 1.54) is 16.8 Å². The third kappa shape index (κ3) is 3.91.